The molecule has 1 unspecified atom stereocenters. The van der Waals surface area contributed by atoms with Crippen LogP contribution in [0.1, 0.15) is 25.0 Å². The number of nitrogens with zero attached hydrogens (tertiary/aromatic N) is 1. The third-order valence-corrected chi connectivity index (χ3v) is 2.54. The van der Waals surface area contributed by atoms with Gasteiger partial charge in [-0.1, -0.05) is 29.8 Å². The van der Waals surface area contributed by atoms with E-state index in [1.54, 1.807) is 26.0 Å². The summed E-state index contributed by atoms with van der Waals surface area (Å²) in [5, 5.41) is 9.15. The highest BCUT2D eigenvalue weighted by Crippen LogP contribution is 2.25. The molecule has 1 rings (SSSR count). The third kappa shape index (κ3) is 2.22. The minimum atomic E-state index is -1.22. The number of nitriles is 1. The van der Waals surface area contributed by atoms with Crippen LogP contribution in [0, 0.1) is 18.3 Å². The van der Waals surface area contributed by atoms with Crippen LogP contribution in [-0.4, -0.2) is 12.6 Å². The Kier molecular flexibility index (Phi) is 3.68. The SMILES string of the molecule is CCOC(=O)C(C)(C#N)c1ccc(C)cc1. The van der Waals surface area contributed by atoms with Crippen molar-refractivity contribution in [3.05, 3.63) is 35.4 Å². The Morgan fingerprint density at radius 3 is 2.44 bits per heavy atom. The van der Waals surface area contributed by atoms with Gasteiger partial charge in [-0.05, 0) is 26.3 Å². The van der Waals surface area contributed by atoms with E-state index in [4.69, 9.17) is 10.00 Å². The molecule has 3 heteroatoms. The van der Waals surface area contributed by atoms with Gasteiger partial charge in [0.2, 0.25) is 0 Å². The van der Waals surface area contributed by atoms with E-state index in [1.807, 2.05) is 25.1 Å². The first-order valence-corrected chi connectivity index (χ1v) is 5.20. The van der Waals surface area contributed by atoms with Crippen LogP contribution in [0.5, 0.6) is 0 Å². The number of carbonyl (C=O) groups excluding carboxylic acids is 1. The minimum Gasteiger partial charge on any atom is -0.465 e. The lowest BCUT2D eigenvalue weighted by molar-refractivity contribution is -0.147. The molecule has 1 aromatic rings. The van der Waals surface area contributed by atoms with E-state index in [0.29, 0.717) is 5.56 Å². The average molecular weight is 217 g/mol. The van der Waals surface area contributed by atoms with Crippen LogP contribution >= 0.6 is 0 Å². The number of hydrogen-bond donors (Lipinski definition) is 0. The molecular weight excluding hydrogens is 202 g/mol. The highest BCUT2D eigenvalue weighted by atomic mass is 16.5. The number of benzene rings is 1. The molecule has 0 radical (unpaired) electrons. The van der Waals surface area contributed by atoms with E-state index in [9.17, 15) is 4.79 Å². The number of ether oxygens (including phenoxy) is 1. The summed E-state index contributed by atoms with van der Waals surface area (Å²) >= 11 is 0. The van der Waals surface area contributed by atoms with Gasteiger partial charge in [-0.25, -0.2) is 4.79 Å². The van der Waals surface area contributed by atoms with Gasteiger partial charge in [-0.15, -0.1) is 0 Å². The standard InChI is InChI=1S/C13H15NO2/c1-4-16-12(15)13(3,9-14)11-7-5-10(2)6-8-11/h5-8H,4H2,1-3H3. The summed E-state index contributed by atoms with van der Waals surface area (Å²) < 4.78 is 4.92. The number of carbonyl (C=O) groups is 1. The molecule has 0 N–H and O–H groups in total. The fourth-order valence-electron chi connectivity index (χ4n) is 1.39. The van der Waals surface area contributed by atoms with E-state index in [1.165, 1.54) is 0 Å². The van der Waals surface area contributed by atoms with Crippen LogP contribution in [0.3, 0.4) is 0 Å². The van der Waals surface area contributed by atoms with E-state index < -0.39 is 11.4 Å². The monoisotopic (exact) mass is 217 g/mol. The lowest BCUT2D eigenvalue weighted by atomic mass is 9.84. The molecule has 0 bridgehead atoms. The summed E-state index contributed by atoms with van der Waals surface area (Å²) in [7, 11) is 0. The maximum atomic E-state index is 11.7. The normalized spacial score (nSPS) is 13.6. The van der Waals surface area contributed by atoms with E-state index in [2.05, 4.69) is 0 Å². The fourth-order valence-corrected chi connectivity index (χ4v) is 1.39. The van der Waals surface area contributed by atoms with Crippen molar-refractivity contribution in [2.24, 2.45) is 0 Å². The van der Waals surface area contributed by atoms with Gasteiger partial charge in [0.1, 0.15) is 0 Å². The van der Waals surface area contributed by atoms with E-state index >= 15 is 0 Å². The maximum Gasteiger partial charge on any atom is 0.330 e. The molecule has 0 aliphatic heterocycles. The quantitative estimate of drug-likeness (QED) is 0.730. The van der Waals surface area contributed by atoms with Crippen LogP contribution in [0.15, 0.2) is 24.3 Å². The number of esters is 1. The smallest absolute Gasteiger partial charge is 0.330 e. The van der Waals surface area contributed by atoms with Gasteiger partial charge in [0.25, 0.3) is 0 Å². The molecule has 1 atom stereocenters. The van der Waals surface area contributed by atoms with Gasteiger partial charge < -0.3 is 4.74 Å². The van der Waals surface area contributed by atoms with Gasteiger partial charge in [-0.3, -0.25) is 0 Å². The highest BCUT2D eigenvalue weighted by molar-refractivity contribution is 5.86. The van der Waals surface area contributed by atoms with E-state index in [0.717, 1.165) is 5.56 Å². The molecule has 0 aliphatic rings. The van der Waals surface area contributed by atoms with E-state index in [-0.39, 0.29) is 6.61 Å². The Hall–Kier alpha value is -1.82. The molecule has 0 aromatic heterocycles. The molecule has 0 amide bonds. The predicted octanol–water partition coefficient (Wildman–Crippen LogP) is 2.34. The summed E-state index contributed by atoms with van der Waals surface area (Å²) in [6, 6.07) is 9.36. The van der Waals surface area contributed by atoms with Gasteiger partial charge in [-0.2, -0.15) is 5.26 Å². The van der Waals surface area contributed by atoms with Gasteiger partial charge in [0.15, 0.2) is 5.41 Å². The Morgan fingerprint density at radius 1 is 1.44 bits per heavy atom. The van der Waals surface area contributed by atoms with Gasteiger partial charge in [0.05, 0.1) is 12.7 Å². The van der Waals surface area contributed by atoms with Crippen molar-refractivity contribution >= 4 is 5.97 Å². The first kappa shape index (κ1) is 12.3. The second-order valence-corrected chi connectivity index (χ2v) is 3.82. The van der Waals surface area contributed by atoms with Crippen LogP contribution in [0.2, 0.25) is 0 Å². The van der Waals surface area contributed by atoms with Crippen molar-refractivity contribution in [2.45, 2.75) is 26.2 Å². The second-order valence-electron chi connectivity index (χ2n) is 3.82. The first-order valence-electron chi connectivity index (χ1n) is 5.20. The summed E-state index contributed by atoms with van der Waals surface area (Å²) in [6.07, 6.45) is 0. The van der Waals surface area contributed by atoms with Crippen molar-refractivity contribution in [1.82, 2.24) is 0 Å². The molecule has 0 spiro atoms. The molecule has 16 heavy (non-hydrogen) atoms. The Balaban J connectivity index is 3.10. The summed E-state index contributed by atoms with van der Waals surface area (Å²) in [5.41, 5.74) is 0.538. The van der Waals surface area contributed by atoms with Crippen molar-refractivity contribution in [1.29, 1.82) is 5.26 Å². The molecule has 0 heterocycles. The zero-order valence-corrected chi connectivity index (χ0v) is 9.78. The van der Waals surface area contributed by atoms with Gasteiger partial charge >= 0.3 is 5.97 Å². The second kappa shape index (κ2) is 4.80. The van der Waals surface area contributed by atoms with Crippen LogP contribution in [0.4, 0.5) is 0 Å². The molecule has 0 aliphatic carbocycles. The topological polar surface area (TPSA) is 50.1 Å². The number of hydrogen-bond acceptors (Lipinski definition) is 3. The van der Waals surface area contributed by atoms with Crippen molar-refractivity contribution in [3.63, 3.8) is 0 Å². The lowest BCUT2D eigenvalue weighted by Gasteiger charge is -2.19. The molecule has 1 aromatic carbocycles. The number of aryl methyl sites for hydroxylation is 1. The zero-order chi connectivity index (χ0) is 12.2. The molecule has 84 valence electrons. The minimum absolute atomic E-state index is 0.280. The fraction of sp³-hybridized carbons (Fsp3) is 0.385. The molecule has 0 saturated carbocycles. The summed E-state index contributed by atoms with van der Waals surface area (Å²) in [5.74, 6) is -0.499. The maximum absolute atomic E-state index is 11.7. The molecule has 3 nitrogen and oxygen atoms in total. The average Bonchev–Trinajstić information content (AvgIpc) is 2.29. The van der Waals surface area contributed by atoms with Crippen molar-refractivity contribution in [3.8, 4) is 6.07 Å². The molecule has 0 saturated heterocycles. The lowest BCUT2D eigenvalue weighted by Crippen LogP contribution is -2.32. The van der Waals surface area contributed by atoms with Gasteiger partial charge in [0, 0.05) is 0 Å². The van der Waals surface area contributed by atoms with Crippen molar-refractivity contribution in [2.75, 3.05) is 6.61 Å². The Labute approximate surface area is 95.7 Å². The summed E-state index contributed by atoms with van der Waals surface area (Å²) in [6.45, 7) is 5.54. The Morgan fingerprint density at radius 2 is 2.00 bits per heavy atom. The third-order valence-electron chi connectivity index (χ3n) is 2.54. The van der Waals surface area contributed by atoms with Crippen LogP contribution in [-0.2, 0) is 14.9 Å². The van der Waals surface area contributed by atoms with Crippen molar-refractivity contribution < 1.29 is 9.53 Å². The zero-order valence-electron chi connectivity index (χ0n) is 9.78. The first-order chi connectivity index (χ1) is 7.54. The molecule has 0 fully saturated rings. The molecular formula is C13H15NO2. The highest BCUT2D eigenvalue weighted by Gasteiger charge is 2.36. The number of rotatable bonds is 3. The predicted molar refractivity (Wildman–Crippen MR) is 60.8 cm³/mol. The van der Waals surface area contributed by atoms with Crippen LogP contribution < -0.4 is 0 Å². The largest absolute Gasteiger partial charge is 0.465 e. The summed E-state index contributed by atoms with van der Waals surface area (Å²) in [4.78, 5) is 11.7. The Bertz CT molecular complexity index is 417. The van der Waals surface area contributed by atoms with Crippen LogP contribution in [0.25, 0.3) is 0 Å².